The van der Waals surface area contributed by atoms with E-state index in [1.165, 1.54) is 21.1 Å². The van der Waals surface area contributed by atoms with Crippen molar-refractivity contribution in [3.8, 4) is 11.5 Å². The normalized spacial score (nSPS) is 16.0. The summed E-state index contributed by atoms with van der Waals surface area (Å²) in [6.07, 6.45) is -0.332. The van der Waals surface area contributed by atoms with E-state index in [1.807, 2.05) is 0 Å². The van der Waals surface area contributed by atoms with Gasteiger partial charge in [-0.15, -0.1) is 0 Å². The maximum absolute atomic E-state index is 12.5. The van der Waals surface area contributed by atoms with Gasteiger partial charge in [0.1, 0.15) is 12.1 Å². The average Bonchev–Trinajstić information content (AvgIpc) is 2.97. The number of imide groups is 1. The Morgan fingerprint density at radius 1 is 1.13 bits per heavy atom. The molecule has 0 saturated carbocycles. The van der Waals surface area contributed by atoms with E-state index in [4.69, 9.17) is 14.2 Å². The molecule has 2 rings (SSSR count). The quantitative estimate of drug-likeness (QED) is 0.459. The molecule has 1 aliphatic rings. The lowest BCUT2D eigenvalue weighted by atomic mass is 9.93. The van der Waals surface area contributed by atoms with Crippen molar-refractivity contribution in [3.05, 3.63) is 18.2 Å². The summed E-state index contributed by atoms with van der Waals surface area (Å²) in [6, 6.07) is 4.14. The number of ether oxygens (including phenoxy) is 3. The molecule has 1 fully saturated rings. The fourth-order valence-corrected chi connectivity index (χ4v) is 3.12. The average molecular weight is 421 g/mol. The van der Waals surface area contributed by atoms with Gasteiger partial charge in [0.2, 0.25) is 0 Å². The highest BCUT2D eigenvalue weighted by Gasteiger charge is 2.49. The molecule has 10 nitrogen and oxygen atoms in total. The van der Waals surface area contributed by atoms with Gasteiger partial charge >= 0.3 is 12.0 Å². The van der Waals surface area contributed by atoms with Gasteiger partial charge < -0.3 is 24.8 Å². The van der Waals surface area contributed by atoms with Gasteiger partial charge in [-0.3, -0.25) is 19.3 Å². The summed E-state index contributed by atoms with van der Waals surface area (Å²) < 4.78 is 15.4. The molecule has 0 bridgehead atoms. The van der Waals surface area contributed by atoms with Crippen molar-refractivity contribution < 1.29 is 33.4 Å². The Bertz CT molecular complexity index is 836. The largest absolute Gasteiger partial charge is 0.493 e. The standard InChI is InChI=1S/C20H27N3O7/c1-6-20(7-2)18(26)23(19(27)22-20)11-16(24)30-12(3)17(25)21-13-8-9-14(28-4)15(10-13)29-5/h8-10,12H,6-7,11H2,1-5H3,(H,21,25)(H,22,27)/t12-/m0/s1. The van der Waals surface area contributed by atoms with Gasteiger partial charge in [0.25, 0.3) is 11.8 Å². The number of carbonyl (C=O) groups excluding carboxylic acids is 4. The molecule has 10 heteroatoms. The first-order chi connectivity index (χ1) is 14.2. The molecule has 2 N–H and O–H groups in total. The van der Waals surface area contributed by atoms with Crippen LogP contribution in [0.2, 0.25) is 0 Å². The van der Waals surface area contributed by atoms with Crippen LogP contribution < -0.4 is 20.1 Å². The summed E-state index contributed by atoms with van der Waals surface area (Å²) in [4.78, 5) is 50.0. The maximum atomic E-state index is 12.5. The fourth-order valence-electron chi connectivity index (χ4n) is 3.12. The van der Waals surface area contributed by atoms with Crippen molar-refractivity contribution >= 4 is 29.5 Å². The van der Waals surface area contributed by atoms with Gasteiger partial charge in [-0.25, -0.2) is 4.79 Å². The SMILES string of the molecule is CCC1(CC)NC(=O)N(CC(=O)O[C@@H](C)C(=O)Nc2ccc(OC)c(OC)c2)C1=O. The summed E-state index contributed by atoms with van der Waals surface area (Å²) in [6.45, 7) is 4.39. The van der Waals surface area contributed by atoms with Gasteiger partial charge in [-0.2, -0.15) is 0 Å². The van der Waals surface area contributed by atoms with E-state index in [9.17, 15) is 19.2 Å². The molecule has 1 atom stereocenters. The minimum atomic E-state index is -1.14. The second kappa shape index (κ2) is 9.47. The first-order valence-electron chi connectivity index (χ1n) is 9.57. The zero-order chi connectivity index (χ0) is 22.5. The molecule has 4 amide bonds. The van der Waals surface area contributed by atoms with Crippen LogP contribution >= 0.6 is 0 Å². The molecular formula is C20H27N3O7. The number of hydrogen-bond donors (Lipinski definition) is 2. The molecule has 164 valence electrons. The third-order valence-corrected chi connectivity index (χ3v) is 5.07. The van der Waals surface area contributed by atoms with Crippen molar-refractivity contribution in [2.24, 2.45) is 0 Å². The van der Waals surface area contributed by atoms with Gasteiger partial charge in [-0.1, -0.05) is 13.8 Å². The molecule has 0 spiro atoms. The third kappa shape index (κ3) is 4.64. The Labute approximate surface area is 174 Å². The van der Waals surface area contributed by atoms with Crippen LogP contribution in [0.3, 0.4) is 0 Å². The van der Waals surface area contributed by atoms with Gasteiger partial charge in [0.15, 0.2) is 17.6 Å². The van der Waals surface area contributed by atoms with E-state index in [0.29, 0.717) is 30.0 Å². The zero-order valence-electron chi connectivity index (χ0n) is 17.7. The molecule has 1 aromatic rings. The monoisotopic (exact) mass is 421 g/mol. The minimum Gasteiger partial charge on any atom is -0.493 e. The Balaban J connectivity index is 1.96. The van der Waals surface area contributed by atoms with Gasteiger partial charge in [0.05, 0.1) is 14.2 Å². The minimum absolute atomic E-state index is 0.407. The summed E-state index contributed by atoms with van der Waals surface area (Å²) in [5.41, 5.74) is -0.585. The van der Waals surface area contributed by atoms with Crippen LogP contribution in [0.4, 0.5) is 10.5 Å². The molecule has 1 heterocycles. The number of hydrogen-bond acceptors (Lipinski definition) is 7. The number of amides is 4. The smallest absolute Gasteiger partial charge is 0.327 e. The van der Waals surface area contributed by atoms with E-state index in [2.05, 4.69) is 10.6 Å². The van der Waals surface area contributed by atoms with Crippen molar-refractivity contribution in [1.29, 1.82) is 0 Å². The number of benzene rings is 1. The number of esters is 1. The number of rotatable bonds is 9. The van der Waals surface area contributed by atoms with Crippen LogP contribution in [0.15, 0.2) is 18.2 Å². The number of methoxy groups -OCH3 is 2. The molecule has 0 aromatic heterocycles. The predicted molar refractivity (Wildman–Crippen MR) is 107 cm³/mol. The van der Waals surface area contributed by atoms with E-state index in [-0.39, 0.29) is 0 Å². The summed E-state index contributed by atoms with van der Waals surface area (Å²) in [5.74, 6) is -0.995. The van der Waals surface area contributed by atoms with E-state index in [1.54, 1.807) is 32.0 Å². The van der Waals surface area contributed by atoms with Gasteiger partial charge in [-0.05, 0) is 31.9 Å². The highest BCUT2D eigenvalue weighted by molar-refractivity contribution is 6.08. The molecule has 1 aliphatic heterocycles. The van der Waals surface area contributed by atoms with Gasteiger partial charge in [0, 0.05) is 11.8 Å². The highest BCUT2D eigenvalue weighted by atomic mass is 16.5. The lowest BCUT2D eigenvalue weighted by molar-refractivity contribution is -0.155. The number of anilines is 1. The Kier molecular flexibility index (Phi) is 7.25. The lowest BCUT2D eigenvalue weighted by Crippen LogP contribution is -2.46. The summed E-state index contributed by atoms with van der Waals surface area (Å²) in [7, 11) is 2.96. The number of nitrogens with one attached hydrogen (secondary N) is 2. The van der Waals surface area contributed by atoms with Crippen LogP contribution in [-0.2, 0) is 19.1 Å². The highest BCUT2D eigenvalue weighted by Crippen LogP contribution is 2.30. The molecule has 0 radical (unpaired) electrons. The van der Waals surface area contributed by atoms with Crippen LogP contribution in [0, 0.1) is 0 Å². The lowest BCUT2D eigenvalue weighted by Gasteiger charge is -2.23. The summed E-state index contributed by atoms with van der Waals surface area (Å²) in [5, 5.41) is 5.23. The second-order valence-electron chi connectivity index (χ2n) is 6.80. The third-order valence-electron chi connectivity index (χ3n) is 5.07. The molecule has 1 aromatic carbocycles. The van der Waals surface area contributed by atoms with E-state index < -0.39 is 42.0 Å². The van der Waals surface area contributed by atoms with Crippen molar-refractivity contribution in [1.82, 2.24) is 10.2 Å². The molecular weight excluding hydrogens is 394 g/mol. The van der Waals surface area contributed by atoms with E-state index >= 15 is 0 Å². The molecule has 1 saturated heterocycles. The Hall–Kier alpha value is -3.30. The molecule has 0 unspecified atom stereocenters. The van der Waals surface area contributed by atoms with Crippen LogP contribution in [0.1, 0.15) is 33.6 Å². The van der Waals surface area contributed by atoms with E-state index in [0.717, 1.165) is 4.90 Å². The van der Waals surface area contributed by atoms with Crippen LogP contribution in [0.5, 0.6) is 11.5 Å². The second-order valence-corrected chi connectivity index (χ2v) is 6.80. The first-order valence-corrected chi connectivity index (χ1v) is 9.57. The Morgan fingerprint density at radius 3 is 2.30 bits per heavy atom. The van der Waals surface area contributed by atoms with Crippen molar-refractivity contribution in [2.45, 2.75) is 45.3 Å². The first kappa shape index (κ1) is 23.0. The fraction of sp³-hybridized carbons (Fsp3) is 0.500. The predicted octanol–water partition coefficient (Wildman–Crippen LogP) is 1.68. The van der Waals surface area contributed by atoms with Crippen LogP contribution in [-0.4, -0.2) is 61.1 Å². The number of nitrogens with zero attached hydrogens (tertiary/aromatic N) is 1. The summed E-state index contributed by atoms with van der Waals surface area (Å²) >= 11 is 0. The molecule has 30 heavy (non-hydrogen) atoms. The topological polar surface area (TPSA) is 123 Å². The van der Waals surface area contributed by atoms with Crippen LogP contribution in [0.25, 0.3) is 0 Å². The maximum Gasteiger partial charge on any atom is 0.327 e. The zero-order valence-corrected chi connectivity index (χ0v) is 17.7. The Morgan fingerprint density at radius 2 is 1.77 bits per heavy atom. The van der Waals surface area contributed by atoms with Crippen molar-refractivity contribution in [3.63, 3.8) is 0 Å². The number of urea groups is 1. The van der Waals surface area contributed by atoms with Crippen molar-refractivity contribution in [2.75, 3.05) is 26.1 Å². The molecule has 0 aliphatic carbocycles. The number of carbonyl (C=O) groups is 4.